The zero-order valence-electron chi connectivity index (χ0n) is 9.72. The molecule has 2 heterocycles. The molecule has 0 radical (unpaired) electrons. The molecule has 19 heavy (non-hydrogen) atoms. The van der Waals surface area contributed by atoms with Crippen LogP contribution in [0.25, 0.3) is 16.9 Å². The average molecular weight is 294 g/mol. The maximum Gasteiger partial charge on any atom is 0.161 e. The summed E-state index contributed by atoms with van der Waals surface area (Å²) in [6, 6.07) is 6.94. The van der Waals surface area contributed by atoms with Crippen molar-refractivity contribution in [2.45, 2.75) is 6.61 Å². The van der Waals surface area contributed by atoms with E-state index in [9.17, 15) is 5.11 Å². The van der Waals surface area contributed by atoms with Gasteiger partial charge in [0.25, 0.3) is 0 Å². The lowest BCUT2D eigenvalue weighted by molar-refractivity contribution is 0.283. The molecule has 0 spiro atoms. The van der Waals surface area contributed by atoms with Gasteiger partial charge < -0.3 is 5.11 Å². The van der Waals surface area contributed by atoms with Crippen LogP contribution in [0.2, 0.25) is 10.0 Å². The number of fused-ring (bicyclic) bond motifs is 1. The van der Waals surface area contributed by atoms with Crippen molar-refractivity contribution in [1.82, 2.24) is 14.6 Å². The molecule has 0 saturated carbocycles. The summed E-state index contributed by atoms with van der Waals surface area (Å²) in [6.07, 6.45) is 3.43. The predicted molar refractivity (Wildman–Crippen MR) is 74.4 cm³/mol. The maximum atomic E-state index is 9.55. The number of aliphatic hydroxyl groups excluding tert-OH is 1. The average Bonchev–Trinajstić information content (AvgIpc) is 2.76. The number of nitrogens with zero attached hydrogens (tertiary/aromatic N) is 3. The highest BCUT2D eigenvalue weighted by Crippen LogP contribution is 2.32. The van der Waals surface area contributed by atoms with Crippen molar-refractivity contribution in [2.75, 3.05) is 0 Å². The zero-order valence-corrected chi connectivity index (χ0v) is 11.2. The summed E-state index contributed by atoms with van der Waals surface area (Å²) in [5.41, 5.74) is 2.60. The van der Waals surface area contributed by atoms with Gasteiger partial charge in [-0.3, -0.25) is 0 Å². The lowest BCUT2D eigenvalue weighted by Gasteiger charge is -2.03. The predicted octanol–water partition coefficient (Wildman–Crippen LogP) is 3.20. The monoisotopic (exact) mass is 293 g/mol. The van der Waals surface area contributed by atoms with Crippen LogP contribution < -0.4 is 0 Å². The van der Waals surface area contributed by atoms with E-state index in [4.69, 9.17) is 23.2 Å². The number of hydrogen-bond acceptors (Lipinski definition) is 3. The van der Waals surface area contributed by atoms with Crippen molar-refractivity contribution in [1.29, 1.82) is 0 Å². The summed E-state index contributed by atoms with van der Waals surface area (Å²) < 4.78 is 1.62. The van der Waals surface area contributed by atoms with Crippen molar-refractivity contribution >= 4 is 28.8 Å². The SMILES string of the molecule is OCc1c(-c2ccc(Cl)cc2Cl)nn2cccnc12. The normalized spacial score (nSPS) is 11.1. The van der Waals surface area contributed by atoms with Gasteiger partial charge >= 0.3 is 0 Å². The van der Waals surface area contributed by atoms with Crippen molar-refractivity contribution in [2.24, 2.45) is 0 Å². The fourth-order valence-electron chi connectivity index (χ4n) is 1.98. The smallest absolute Gasteiger partial charge is 0.161 e. The number of benzene rings is 1. The summed E-state index contributed by atoms with van der Waals surface area (Å²) in [6.45, 7) is -0.158. The Bertz CT molecular complexity index is 755. The zero-order chi connectivity index (χ0) is 13.4. The number of halogens is 2. The number of rotatable bonds is 2. The highest BCUT2D eigenvalue weighted by molar-refractivity contribution is 6.36. The van der Waals surface area contributed by atoms with Crippen molar-refractivity contribution < 1.29 is 5.11 Å². The first kappa shape index (κ1) is 12.4. The first-order chi connectivity index (χ1) is 9.20. The Hall–Kier alpha value is -1.62. The van der Waals surface area contributed by atoms with Gasteiger partial charge in [0.1, 0.15) is 5.69 Å². The van der Waals surface area contributed by atoms with Crippen LogP contribution in [-0.2, 0) is 6.61 Å². The number of aliphatic hydroxyl groups is 1. The van der Waals surface area contributed by atoms with Gasteiger partial charge in [0.2, 0.25) is 0 Å². The Balaban J connectivity index is 2.30. The van der Waals surface area contributed by atoms with Crippen molar-refractivity contribution in [3.05, 3.63) is 52.3 Å². The second kappa shape index (κ2) is 4.81. The van der Waals surface area contributed by atoms with Gasteiger partial charge in [0.05, 0.1) is 17.2 Å². The molecule has 0 atom stereocenters. The van der Waals surface area contributed by atoms with Gasteiger partial charge in [-0.15, -0.1) is 0 Å². The third-order valence-corrected chi connectivity index (χ3v) is 3.38. The molecule has 0 amide bonds. The topological polar surface area (TPSA) is 50.4 Å². The van der Waals surface area contributed by atoms with Crippen LogP contribution in [0.3, 0.4) is 0 Å². The minimum atomic E-state index is -0.158. The molecule has 6 heteroatoms. The molecule has 3 rings (SSSR count). The lowest BCUT2D eigenvalue weighted by atomic mass is 10.1. The molecular weight excluding hydrogens is 285 g/mol. The molecule has 96 valence electrons. The van der Waals surface area contributed by atoms with Crippen LogP contribution in [0, 0.1) is 0 Å². The molecule has 0 aliphatic heterocycles. The van der Waals surface area contributed by atoms with E-state index in [1.54, 1.807) is 41.2 Å². The minimum absolute atomic E-state index is 0.158. The first-order valence-electron chi connectivity index (χ1n) is 5.59. The van der Waals surface area contributed by atoms with Gasteiger partial charge in [0, 0.05) is 23.0 Å². The van der Waals surface area contributed by atoms with Crippen LogP contribution in [-0.4, -0.2) is 19.7 Å². The van der Waals surface area contributed by atoms with Crippen molar-refractivity contribution in [3.63, 3.8) is 0 Å². The fourth-order valence-corrected chi connectivity index (χ4v) is 2.48. The molecule has 3 aromatic rings. The molecule has 1 aromatic carbocycles. The first-order valence-corrected chi connectivity index (χ1v) is 6.35. The molecule has 0 saturated heterocycles. The molecule has 0 fully saturated rings. The van der Waals surface area contributed by atoms with Gasteiger partial charge in [-0.25, -0.2) is 9.50 Å². The van der Waals surface area contributed by atoms with E-state index >= 15 is 0 Å². The summed E-state index contributed by atoms with van der Waals surface area (Å²) >= 11 is 12.1. The third kappa shape index (κ3) is 2.08. The minimum Gasteiger partial charge on any atom is -0.391 e. The summed E-state index contributed by atoms with van der Waals surface area (Å²) in [5, 5.41) is 15.0. The molecule has 4 nitrogen and oxygen atoms in total. The molecular formula is C13H9Cl2N3O. The number of hydrogen-bond donors (Lipinski definition) is 1. The fraction of sp³-hybridized carbons (Fsp3) is 0.0769. The van der Waals surface area contributed by atoms with Crippen LogP contribution in [0.4, 0.5) is 0 Å². The Labute approximate surface area is 119 Å². The van der Waals surface area contributed by atoms with Gasteiger partial charge in [-0.1, -0.05) is 23.2 Å². The maximum absolute atomic E-state index is 9.55. The van der Waals surface area contributed by atoms with E-state index in [1.807, 2.05) is 0 Å². The highest BCUT2D eigenvalue weighted by atomic mass is 35.5. The van der Waals surface area contributed by atoms with Gasteiger partial charge in [0.15, 0.2) is 5.65 Å². The van der Waals surface area contributed by atoms with E-state index in [0.717, 1.165) is 5.56 Å². The third-order valence-electron chi connectivity index (χ3n) is 2.84. The second-order valence-electron chi connectivity index (χ2n) is 4.00. The Kier molecular flexibility index (Phi) is 3.14. The summed E-state index contributed by atoms with van der Waals surface area (Å²) in [7, 11) is 0. The standard InChI is InChI=1S/C13H9Cl2N3O/c14-8-2-3-9(11(15)6-8)12-10(7-19)13-16-4-1-5-18(13)17-12/h1-6,19H,7H2. The Morgan fingerprint density at radius 3 is 2.84 bits per heavy atom. The highest BCUT2D eigenvalue weighted by Gasteiger charge is 2.16. The Morgan fingerprint density at radius 1 is 1.26 bits per heavy atom. The van der Waals surface area contributed by atoms with Gasteiger partial charge in [-0.2, -0.15) is 5.10 Å². The quantitative estimate of drug-likeness (QED) is 0.789. The van der Waals surface area contributed by atoms with Crippen LogP contribution in [0.15, 0.2) is 36.7 Å². The van der Waals surface area contributed by atoms with E-state index < -0.39 is 0 Å². The summed E-state index contributed by atoms with van der Waals surface area (Å²) in [4.78, 5) is 4.22. The van der Waals surface area contributed by atoms with Crippen LogP contribution in [0.1, 0.15) is 5.56 Å². The number of aromatic nitrogens is 3. The van der Waals surface area contributed by atoms with Gasteiger partial charge in [-0.05, 0) is 24.3 Å². The molecule has 0 bridgehead atoms. The van der Waals surface area contributed by atoms with E-state index in [2.05, 4.69) is 10.1 Å². The molecule has 1 N–H and O–H groups in total. The van der Waals surface area contributed by atoms with E-state index in [-0.39, 0.29) is 6.61 Å². The van der Waals surface area contributed by atoms with Crippen LogP contribution >= 0.6 is 23.2 Å². The van der Waals surface area contributed by atoms with Crippen molar-refractivity contribution in [3.8, 4) is 11.3 Å². The Morgan fingerprint density at radius 2 is 2.11 bits per heavy atom. The molecule has 0 aliphatic rings. The lowest BCUT2D eigenvalue weighted by Crippen LogP contribution is -1.89. The van der Waals surface area contributed by atoms with E-state index in [0.29, 0.717) is 26.9 Å². The molecule has 0 unspecified atom stereocenters. The van der Waals surface area contributed by atoms with Crippen LogP contribution in [0.5, 0.6) is 0 Å². The summed E-state index contributed by atoms with van der Waals surface area (Å²) in [5.74, 6) is 0. The largest absolute Gasteiger partial charge is 0.391 e. The second-order valence-corrected chi connectivity index (χ2v) is 4.84. The molecule has 0 aliphatic carbocycles. The molecule has 2 aromatic heterocycles. The van der Waals surface area contributed by atoms with E-state index in [1.165, 1.54) is 0 Å².